The van der Waals surface area contributed by atoms with Gasteiger partial charge in [-0.25, -0.2) is 9.59 Å². The molecule has 0 unspecified atom stereocenters. The number of carbonyl (C=O) groups is 3. The zero-order valence-electron chi connectivity index (χ0n) is 18.3. The molecule has 6 atom stereocenters. The topological polar surface area (TPSA) is 119 Å². The highest BCUT2D eigenvalue weighted by molar-refractivity contribution is 5.93. The molecule has 0 amide bonds. The van der Waals surface area contributed by atoms with Gasteiger partial charge in [0.2, 0.25) is 5.79 Å². The zero-order valence-corrected chi connectivity index (χ0v) is 18.3. The fourth-order valence-corrected chi connectivity index (χ4v) is 5.25. The van der Waals surface area contributed by atoms with Crippen LogP contribution in [0.1, 0.15) is 60.8 Å². The standard InChI is InChI=1S/C22H30O8/c1-7-11(2)18(24)29-15-8-9-21(26)10-22(27)16(12(3)19(25)30-22)17(28-14(5)23)20(21,6)13(15)4/h7,13,15,17,26-27H,8-10H2,1-6H3/b11-7-/t13-,15-,17+,20-,21-,22-/m0/s1. The van der Waals surface area contributed by atoms with Crippen LogP contribution < -0.4 is 0 Å². The van der Waals surface area contributed by atoms with Gasteiger partial charge in [-0.2, -0.15) is 0 Å². The summed E-state index contributed by atoms with van der Waals surface area (Å²) in [5, 5.41) is 22.8. The summed E-state index contributed by atoms with van der Waals surface area (Å²) in [5.41, 5.74) is -1.88. The predicted molar refractivity (Wildman–Crippen MR) is 105 cm³/mol. The first-order valence-electron chi connectivity index (χ1n) is 10.2. The average Bonchev–Trinajstić information content (AvgIpc) is 2.87. The molecule has 0 radical (unpaired) electrons. The second-order valence-electron chi connectivity index (χ2n) is 8.94. The monoisotopic (exact) mass is 422 g/mol. The highest BCUT2D eigenvalue weighted by Crippen LogP contribution is 2.62. The quantitative estimate of drug-likeness (QED) is 0.402. The van der Waals surface area contributed by atoms with Gasteiger partial charge in [0.25, 0.3) is 0 Å². The van der Waals surface area contributed by atoms with E-state index in [0.29, 0.717) is 12.0 Å². The van der Waals surface area contributed by atoms with Crippen LogP contribution in [0.15, 0.2) is 22.8 Å². The maximum absolute atomic E-state index is 12.4. The molecule has 1 heterocycles. The van der Waals surface area contributed by atoms with Crippen molar-refractivity contribution in [3.05, 3.63) is 22.8 Å². The number of fused-ring (bicyclic) bond motifs is 2. The molecular weight excluding hydrogens is 392 g/mol. The molecule has 0 aromatic heterocycles. The van der Waals surface area contributed by atoms with E-state index < -0.39 is 52.8 Å². The van der Waals surface area contributed by atoms with Crippen LogP contribution in [-0.4, -0.2) is 51.7 Å². The number of rotatable bonds is 3. The summed E-state index contributed by atoms with van der Waals surface area (Å²) in [4.78, 5) is 36.6. The Balaban J connectivity index is 2.10. The highest BCUT2D eigenvalue weighted by Gasteiger charge is 2.71. The first kappa shape index (κ1) is 22.5. The van der Waals surface area contributed by atoms with Crippen LogP contribution in [0.4, 0.5) is 0 Å². The van der Waals surface area contributed by atoms with E-state index in [2.05, 4.69) is 0 Å². The Kier molecular flexibility index (Phi) is 5.40. The van der Waals surface area contributed by atoms with Crippen LogP contribution >= 0.6 is 0 Å². The van der Waals surface area contributed by atoms with E-state index in [1.807, 2.05) is 6.92 Å². The molecule has 0 aromatic rings. The van der Waals surface area contributed by atoms with E-state index in [1.54, 1.807) is 26.8 Å². The third-order valence-corrected chi connectivity index (χ3v) is 7.38. The molecule has 2 aliphatic carbocycles. The third kappa shape index (κ3) is 3.08. The Bertz CT molecular complexity index is 857. The number of hydrogen-bond donors (Lipinski definition) is 2. The lowest BCUT2D eigenvalue weighted by Crippen LogP contribution is -2.70. The van der Waals surface area contributed by atoms with E-state index in [9.17, 15) is 24.6 Å². The van der Waals surface area contributed by atoms with Gasteiger partial charge >= 0.3 is 17.9 Å². The minimum absolute atomic E-state index is 0.151. The van der Waals surface area contributed by atoms with Crippen molar-refractivity contribution in [3.63, 3.8) is 0 Å². The predicted octanol–water partition coefficient (Wildman–Crippen LogP) is 1.93. The smallest absolute Gasteiger partial charge is 0.336 e. The van der Waals surface area contributed by atoms with E-state index in [0.717, 1.165) is 0 Å². The molecular formula is C22H30O8. The fourth-order valence-electron chi connectivity index (χ4n) is 5.25. The molecule has 0 aromatic carbocycles. The maximum atomic E-state index is 12.4. The second kappa shape index (κ2) is 7.20. The van der Waals surface area contributed by atoms with Gasteiger partial charge < -0.3 is 24.4 Å². The van der Waals surface area contributed by atoms with Crippen molar-refractivity contribution < 1.29 is 38.8 Å². The summed E-state index contributed by atoms with van der Waals surface area (Å²) in [6, 6.07) is 0. The number of ether oxygens (including phenoxy) is 3. The van der Waals surface area contributed by atoms with Crippen molar-refractivity contribution in [3.8, 4) is 0 Å². The van der Waals surface area contributed by atoms with Crippen molar-refractivity contribution in [2.24, 2.45) is 11.3 Å². The van der Waals surface area contributed by atoms with Gasteiger partial charge in [-0.1, -0.05) is 19.9 Å². The molecule has 1 aliphatic heterocycles. The average molecular weight is 422 g/mol. The van der Waals surface area contributed by atoms with Crippen molar-refractivity contribution in [1.82, 2.24) is 0 Å². The van der Waals surface area contributed by atoms with Crippen LogP contribution in [0.25, 0.3) is 0 Å². The molecule has 0 spiro atoms. The number of esters is 3. The van der Waals surface area contributed by atoms with Gasteiger partial charge in [0.05, 0.1) is 11.2 Å². The van der Waals surface area contributed by atoms with E-state index >= 15 is 0 Å². The normalized spacial score (nSPS) is 41.0. The summed E-state index contributed by atoms with van der Waals surface area (Å²) in [6.07, 6.45) is 0.276. The molecule has 3 rings (SSSR count). The van der Waals surface area contributed by atoms with Gasteiger partial charge in [-0.05, 0) is 33.6 Å². The van der Waals surface area contributed by atoms with E-state index in [1.165, 1.54) is 13.8 Å². The first-order valence-corrected chi connectivity index (χ1v) is 10.2. The van der Waals surface area contributed by atoms with Crippen molar-refractivity contribution in [2.75, 3.05) is 0 Å². The van der Waals surface area contributed by atoms with Gasteiger partial charge in [0, 0.05) is 35.8 Å². The van der Waals surface area contributed by atoms with Gasteiger partial charge in [-0.3, -0.25) is 4.79 Å². The molecule has 2 fully saturated rings. The fraction of sp³-hybridized carbons (Fsp3) is 0.682. The lowest BCUT2D eigenvalue weighted by molar-refractivity contribution is -0.285. The molecule has 2 N–H and O–H groups in total. The molecule has 8 heteroatoms. The number of aliphatic hydroxyl groups is 2. The molecule has 30 heavy (non-hydrogen) atoms. The Morgan fingerprint density at radius 3 is 2.43 bits per heavy atom. The second-order valence-corrected chi connectivity index (χ2v) is 8.94. The largest absolute Gasteiger partial charge is 0.459 e. The van der Waals surface area contributed by atoms with Gasteiger partial charge in [0.1, 0.15) is 12.2 Å². The Labute approximate surface area is 175 Å². The van der Waals surface area contributed by atoms with E-state index in [-0.39, 0.29) is 24.0 Å². The minimum atomic E-state index is -2.04. The van der Waals surface area contributed by atoms with Gasteiger partial charge in [0.15, 0.2) is 0 Å². The number of hydrogen-bond acceptors (Lipinski definition) is 8. The van der Waals surface area contributed by atoms with Gasteiger partial charge in [-0.15, -0.1) is 0 Å². The van der Waals surface area contributed by atoms with Crippen LogP contribution in [-0.2, 0) is 28.6 Å². The van der Waals surface area contributed by atoms with Crippen molar-refractivity contribution in [2.45, 2.75) is 84.4 Å². The first-order chi connectivity index (χ1) is 13.8. The van der Waals surface area contributed by atoms with Crippen LogP contribution in [0, 0.1) is 11.3 Å². The maximum Gasteiger partial charge on any atom is 0.336 e. The summed E-state index contributed by atoms with van der Waals surface area (Å²) >= 11 is 0. The van der Waals surface area contributed by atoms with Crippen molar-refractivity contribution in [1.29, 1.82) is 0 Å². The third-order valence-electron chi connectivity index (χ3n) is 7.38. The zero-order chi connectivity index (χ0) is 22.6. The SMILES string of the molecule is C/C=C(/C)C(=O)O[C@H]1CC[C@]2(O)C[C@]3(O)OC(=O)C(C)=C3[C@@H](OC(C)=O)[C@]2(C)[C@H]1C. The molecule has 3 aliphatic rings. The summed E-state index contributed by atoms with van der Waals surface area (Å²) < 4.78 is 16.5. The van der Waals surface area contributed by atoms with E-state index in [4.69, 9.17) is 14.2 Å². The summed E-state index contributed by atoms with van der Waals surface area (Å²) in [6.45, 7) is 9.69. The summed E-state index contributed by atoms with van der Waals surface area (Å²) in [5.74, 6) is -4.28. The Hall–Kier alpha value is -2.19. The Morgan fingerprint density at radius 1 is 1.23 bits per heavy atom. The molecule has 0 bridgehead atoms. The molecule has 0 saturated heterocycles. The lowest BCUT2D eigenvalue weighted by atomic mass is 9.49. The van der Waals surface area contributed by atoms with Crippen LogP contribution in [0.3, 0.4) is 0 Å². The molecule has 8 nitrogen and oxygen atoms in total. The minimum Gasteiger partial charge on any atom is -0.459 e. The molecule has 2 saturated carbocycles. The summed E-state index contributed by atoms with van der Waals surface area (Å²) in [7, 11) is 0. The Morgan fingerprint density at radius 2 is 1.87 bits per heavy atom. The van der Waals surface area contributed by atoms with Crippen LogP contribution in [0.2, 0.25) is 0 Å². The van der Waals surface area contributed by atoms with Crippen molar-refractivity contribution >= 4 is 17.9 Å². The molecule has 166 valence electrons. The van der Waals surface area contributed by atoms with Crippen LogP contribution in [0.5, 0.6) is 0 Å². The number of allylic oxidation sites excluding steroid dienone is 1. The lowest BCUT2D eigenvalue weighted by Gasteiger charge is -2.61. The highest BCUT2D eigenvalue weighted by atomic mass is 16.7. The number of carbonyl (C=O) groups excluding carboxylic acids is 3.